The second-order valence-corrected chi connectivity index (χ2v) is 3.65. The van der Waals surface area contributed by atoms with Gasteiger partial charge in [0.05, 0.1) is 11.6 Å². The highest BCUT2D eigenvalue weighted by Crippen LogP contribution is 2.20. The molecule has 1 aromatic rings. The van der Waals surface area contributed by atoms with Gasteiger partial charge in [0.1, 0.15) is 5.75 Å². The van der Waals surface area contributed by atoms with E-state index in [9.17, 15) is 0 Å². The van der Waals surface area contributed by atoms with Crippen LogP contribution in [0.4, 0.5) is 0 Å². The van der Waals surface area contributed by atoms with E-state index in [2.05, 4.69) is 4.90 Å². The zero-order valence-electron chi connectivity index (χ0n) is 13.4. The SMILES string of the molecule is CC.CC.COCCN(C)C.Oc1ccccc1Cl. The largest absolute Gasteiger partial charge is 0.506 e. The van der Waals surface area contributed by atoms with Crippen LogP contribution in [0.3, 0.4) is 0 Å². The molecule has 1 aromatic carbocycles. The molecule has 19 heavy (non-hydrogen) atoms. The molecule has 0 aliphatic carbocycles. The zero-order chi connectivity index (χ0) is 15.7. The predicted molar refractivity (Wildman–Crippen MR) is 86.2 cm³/mol. The second kappa shape index (κ2) is 19.6. The Hall–Kier alpha value is -0.770. The maximum Gasteiger partial charge on any atom is 0.134 e. The Morgan fingerprint density at radius 2 is 1.58 bits per heavy atom. The fraction of sp³-hybridized carbons (Fsp3) is 0.600. The summed E-state index contributed by atoms with van der Waals surface area (Å²) in [5.74, 6) is 0.133. The number of para-hydroxylation sites is 1. The number of hydrogen-bond acceptors (Lipinski definition) is 3. The predicted octanol–water partition coefficient (Wildman–Crippen LogP) is 4.29. The number of benzene rings is 1. The summed E-state index contributed by atoms with van der Waals surface area (Å²) in [7, 11) is 5.77. The average molecular weight is 292 g/mol. The Balaban J connectivity index is -0.000000215. The molecule has 0 saturated carbocycles. The van der Waals surface area contributed by atoms with Crippen LogP contribution < -0.4 is 0 Å². The summed E-state index contributed by atoms with van der Waals surface area (Å²) in [6.07, 6.45) is 0. The Kier molecular flexibility index (Phi) is 24.0. The molecule has 1 rings (SSSR count). The van der Waals surface area contributed by atoms with Gasteiger partial charge in [0, 0.05) is 13.7 Å². The zero-order valence-corrected chi connectivity index (χ0v) is 14.2. The van der Waals surface area contributed by atoms with E-state index >= 15 is 0 Å². The van der Waals surface area contributed by atoms with E-state index in [1.807, 2.05) is 41.8 Å². The van der Waals surface area contributed by atoms with E-state index < -0.39 is 0 Å². The summed E-state index contributed by atoms with van der Waals surface area (Å²) in [4.78, 5) is 2.09. The Labute approximate surface area is 124 Å². The van der Waals surface area contributed by atoms with Crippen LogP contribution >= 0.6 is 11.6 Å². The Morgan fingerprint density at radius 1 is 1.11 bits per heavy atom. The number of aromatic hydroxyl groups is 1. The van der Waals surface area contributed by atoms with Crippen molar-refractivity contribution in [2.24, 2.45) is 0 Å². The molecule has 0 aromatic heterocycles. The van der Waals surface area contributed by atoms with Gasteiger partial charge in [-0.2, -0.15) is 0 Å². The third-order valence-corrected chi connectivity index (χ3v) is 1.91. The van der Waals surface area contributed by atoms with Crippen LogP contribution in [0.1, 0.15) is 27.7 Å². The maximum absolute atomic E-state index is 8.79. The average Bonchev–Trinajstić information content (AvgIpc) is 2.45. The molecule has 114 valence electrons. The number of halogens is 1. The molecule has 0 unspecified atom stereocenters. The van der Waals surface area contributed by atoms with Gasteiger partial charge in [0.25, 0.3) is 0 Å². The third kappa shape index (κ3) is 19.7. The van der Waals surface area contributed by atoms with Gasteiger partial charge in [-0.25, -0.2) is 0 Å². The topological polar surface area (TPSA) is 32.7 Å². The van der Waals surface area contributed by atoms with Gasteiger partial charge in [-0.3, -0.25) is 0 Å². The first-order valence-corrected chi connectivity index (χ1v) is 7.03. The maximum atomic E-state index is 8.79. The van der Waals surface area contributed by atoms with Crippen molar-refractivity contribution in [3.63, 3.8) is 0 Å². The first-order chi connectivity index (χ1) is 9.07. The van der Waals surface area contributed by atoms with Crippen molar-refractivity contribution < 1.29 is 9.84 Å². The first-order valence-electron chi connectivity index (χ1n) is 6.65. The molecule has 4 heteroatoms. The molecule has 3 nitrogen and oxygen atoms in total. The lowest BCUT2D eigenvalue weighted by Gasteiger charge is -2.06. The van der Waals surface area contributed by atoms with Crippen molar-refractivity contribution in [2.45, 2.75) is 27.7 Å². The number of hydrogen-bond donors (Lipinski definition) is 1. The van der Waals surface area contributed by atoms with Crippen molar-refractivity contribution in [1.29, 1.82) is 0 Å². The van der Waals surface area contributed by atoms with Gasteiger partial charge in [-0.15, -0.1) is 0 Å². The number of phenols is 1. The minimum atomic E-state index is 0.133. The van der Waals surface area contributed by atoms with Crippen molar-refractivity contribution in [3.05, 3.63) is 29.3 Å². The minimum absolute atomic E-state index is 0.133. The molecule has 0 spiro atoms. The van der Waals surface area contributed by atoms with E-state index in [0.29, 0.717) is 5.02 Å². The van der Waals surface area contributed by atoms with Crippen LogP contribution in [0.5, 0.6) is 5.75 Å². The molecular weight excluding hydrogens is 262 g/mol. The van der Waals surface area contributed by atoms with Crippen molar-refractivity contribution in [2.75, 3.05) is 34.4 Å². The fourth-order valence-electron chi connectivity index (χ4n) is 0.726. The third-order valence-electron chi connectivity index (χ3n) is 1.60. The van der Waals surface area contributed by atoms with Crippen LogP contribution in [-0.4, -0.2) is 44.4 Å². The molecule has 0 heterocycles. The van der Waals surface area contributed by atoms with Gasteiger partial charge in [-0.05, 0) is 26.2 Å². The van der Waals surface area contributed by atoms with Crippen molar-refractivity contribution in [1.82, 2.24) is 4.90 Å². The summed E-state index contributed by atoms with van der Waals surface area (Å²) in [5, 5.41) is 9.18. The quantitative estimate of drug-likeness (QED) is 0.901. The molecule has 0 aliphatic heterocycles. The Morgan fingerprint density at radius 3 is 1.79 bits per heavy atom. The van der Waals surface area contributed by atoms with Crippen molar-refractivity contribution in [3.8, 4) is 5.75 Å². The molecule has 0 aliphatic rings. The van der Waals surface area contributed by atoms with Crippen LogP contribution in [0.2, 0.25) is 5.02 Å². The number of nitrogens with zero attached hydrogens (tertiary/aromatic N) is 1. The van der Waals surface area contributed by atoms with E-state index in [1.165, 1.54) is 0 Å². The molecule has 0 radical (unpaired) electrons. The highest BCUT2D eigenvalue weighted by Gasteiger charge is 1.89. The van der Waals surface area contributed by atoms with Crippen molar-refractivity contribution >= 4 is 11.6 Å². The lowest BCUT2D eigenvalue weighted by Crippen LogP contribution is -2.16. The summed E-state index contributed by atoms with van der Waals surface area (Å²) < 4.78 is 4.81. The van der Waals surface area contributed by atoms with E-state index in [4.69, 9.17) is 21.4 Å². The summed E-state index contributed by atoms with van der Waals surface area (Å²) in [6.45, 7) is 9.84. The molecule has 0 saturated heterocycles. The number of phenolic OH excluding ortho intramolecular Hbond substituents is 1. The van der Waals surface area contributed by atoms with Gasteiger partial charge < -0.3 is 14.7 Å². The molecule has 0 amide bonds. The number of likely N-dealkylation sites (N-methyl/N-ethyl adjacent to an activating group) is 1. The monoisotopic (exact) mass is 291 g/mol. The van der Waals surface area contributed by atoms with E-state index in [-0.39, 0.29) is 5.75 Å². The van der Waals surface area contributed by atoms with Gasteiger partial charge in [0.2, 0.25) is 0 Å². The number of methoxy groups -OCH3 is 1. The minimum Gasteiger partial charge on any atom is -0.506 e. The van der Waals surface area contributed by atoms with Gasteiger partial charge in [-0.1, -0.05) is 51.4 Å². The molecule has 1 N–H and O–H groups in total. The van der Waals surface area contributed by atoms with Crippen LogP contribution in [-0.2, 0) is 4.74 Å². The second-order valence-electron chi connectivity index (χ2n) is 3.25. The fourth-order valence-corrected chi connectivity index (χ4v) is 0.861. The molecular formula is C15H30ClNO2. The van der Waals surface area contributed by atoms with Gasteiger partial charge in [0.15, 0.2) is 0 Å². The lowest BCUT2D eigenvalue weighted by atomic mass is 10.3. The summed E-state index contributed by atoms with van der Waals surface area (Å²) >= 11 is 5.46. The summed E-state index contributed by atoms with van der Waals surface area (Å²) in [5.41, 5.74) is 0. The smallest absolute Gasteiger partial charge is 0.134 e. The number of ether oxygens (including phenoxy) is 1. The van der Waals surface area contributed by atoms with Crippen LogP contribution in [0.15, 0.2) is 24.3 Å². The molecule has 0 fully saturated rings. The first kappa shape index (κ1) is 23.3. The number of rotatable bonds is 3. The summed E-state index contributed by atoms with van der Waals surface area (Å²) in [6, 6.07) is 6.67. The normalized spacial score (nSPS) is 8.26. The van der Waals surface area contributed by atoms with Crippen LogP contribution in [0.25, 0.3) is 0 Å². The molecule has 0 atom stereocenters. The Bertz CT molecular complexity index is 247. The van der Waals surface area contributed by atoms with Crippen LogP contribution in [0, 0.1) is 0 Å². The highest BCUT2D eigenvalue weighted by atomic mass is 35.5. The highest BCUT2D eigenvalue weighted by molar-refractivity contribution is 6.31. The van der Waals surface area contributed by atoms with Gasteiger partial charge >= 0.3 is 0 Å². The van der Waals surface area contributed by atoms with E-state index in [0.717, 1.165) is 13.2 Å². The van der Waals surface area contributed by atoms with E-state index in [1.54, 1.807) is 31.4 Å². The lowest BCUT2D eigenvalue weighted by molar-refractivity contribution is 0.172. The standard InChI is InChI=1S/C6H5ClO.C5H13NO.2C2H6/c7-5-3-1-2-4-6(5)8;1-6(2)4-5-7-3;2*1-2/h1-4,8H;4-5H2,1-3H3;2*1-2H3. The molecule has 0 bridgehead atoms.